The van der Waals surface area contributed by atoms with Gasteiger partial charge in [-0.2, -0.15) is 10.2 Å². The summed E-state index contributed by atoms with van der Waals surface area (Å²) in [5.74, 6) is 1.45. The Bertz CT molecular complexity index is 1130. The SMILES string of the molecule is C.Cc1cc(N)n(C)n1.Cc1ccc(CNc2cc(C)nn2C)cc1.O=Cc1ccc(F)cc1. The lowest BCUT2D eigenvalue weighted by molar-refractivity contribution is 0.112. The minimum atomic E-state index is -0.319. The van der Waals surface area contributed by atoms with E-state index in [0.29, 0.717) is 17.7 Å². The Morgan fingerprint density at radius 3 is 1.88 bits per heavy atom. The molecule has 0 saturated carbocycles. The van der Waals surface area contributed by atoms with Crippen LogP contribution in [0.5, 0.6) is 0 Å². The zero-order chi connectivity index (χ0) is 24.4. The van der Waals surface area contributed by atoms with Crippen LogP contribution in [0.1, 0.15) is 40.3 Å². The maximum Gasteiger partial charge on any atom is 0.150 e. The lowest BCUT2D eigenvalue weighted by Crippen LogP contribution is -2.04. The summed E-state index contributed by atoms with van der Waals surface area (Å²) in [4.78, 5) is 10.00. The number of anilines is 2. The minimum Gasteiger partial charge on any atom is -0.384 e. The summed E-state index contributed by atoms with van der Waals surface area (Å²) in [6.45, 7) is 6.84. The van der Waals surface area contributed by atoms with E-state index in [1.54, 1.807) is 4.68 Å². The van der Waals surface area contributed by atoms with E-state index in [1.807, 2.05) is 44.8 Å². The smallest absolute Gasteiger partial charge is 0.150 e. The Balaban J connectivity index is 0.000000274. The summed E-state index contributed by atoms with van der Waals surface area (Å²) in [6.07, 6.45) is 0.680. The number of rotatable bonds is 4. The van der Waals surface area contributed by atoms with Gasteiger partial charge >= 0.3 is 0 Å². The zero-order valence-corrected chi connectivity index (χ0v) is 19.7. The fraction of sp³-hybridized carbons (Fsp3) is 0.269. The molecule has 0 unspecified atom stereocenters. The van der Waals surface area contributed by atoms with E-state index in [0.717, 1.165) is 23.8 Å². The predicted molar refractivity (Wildman–Crippen MR) is 137 cm³/mol. The highest BCUT2D eigenvalue weighted by Gasteiger charge is 2.00. The predicted octanol–water partition coefficient (Wildman–Crippen LogP) is 5.23. The second kappa shape index (κ2) is 13.6. The molecule has 0 saturated heterocycles. The number of hydrogen-bond acceptors (Lipinski definition) is 5. The van der Waals surface area contributed by atoms with Crippen LogP contribution >= 0.6 is 0 Å². The molecule has 0 atom stereocenters. The number of aldehydes is 1. The van der Waals surface area contributed by atoms with Gasteiger partial charge in [0.05, 0.1) is 11.4 Å². The number of nitrogens with two attached hydrogens (primary N) is 1. The molecule has 0 radical (unpaired) electrons. The topological polar surface area (TPSA) is 90.8 Å². The van der Waals surface area contributed by atoms with Crippen molar-refractivity contribution in [3.05, 3.63) is 94.6 Å². The first-order valence-electron chi connectivity index (χ1n) is 10.4. The highest BCUT2D eigenvalue weighted by atomic mass is 19.1. The number of aryl methyl sites for hydroxylation is 5. The normalized spacial score (nSPS) is 9.59. The van der Waals surface area contributed by atoms with E-state index in [2.05, 4.69) is 46.7 Å². The van der Waals surface area contributed by atoms with Gasteiger partial charge in [-0.1, -0.05) is 37.3 Å². The molecule has 2 aromatic heterocycles. The van der Waals surface area contributed by atoms with Crippen LogP contribution in [-0.4, -0.2) is 25.8 Å². The molecule has 0 aliphatic carbocycles. The first kappa shape index (κ1) is 28.1. The fourth-order valence-electron chi connectivity index (χ4n) is 2.85. The summed E-state index contributed by atoms with van der Waals surface area (Å²) in [6, 6.07) is 17.8. The Morgan fingerprint density at radius 1 is 0.912 bits per heavy atom. The molecule has 2 aromatic carbocycles. The molecule has 34 heavy (non-hydrogen) atoms. The second-order valence-electron chi connectivity index (χ2n) is 7.64. The Hall–Kier alpha value is -3.94. The van der Waals surface area contributed by atoms with Crippen LogP contribution < -0.4 is 11.1 Å². The third-order valence-corrected chi connectivity index (χ3v) is 4.64. The van der Waals surface area contributed by atoms with Crippen LogP contribution in [0.2, 0.25) is 0 Å². The van der Waals surface area contributed by atoms with Crippen LogP contribution in [0, 0.1) is 26.6 Å². The third-order valence-electron chi connectivity index (χ3n) is 4.64. The van der Waals surface area contributed by atoms with Crippen molar-refractivity contribution in [2.45, 2.75) is 34.7 Å². The average molecular weight is 467 g/mol. The highest BCUT2D eigenvalue weighted by molar-refractivity contribution is 5.74. The maximum absolute atomic E-state index is 12.1. The molecule has 0 spiro atoms. The molecule has 182 valence electrons. The van der Waals surface area contributed by atoms with Gasteiger partial charge in [-0.05, 0) is 50.6 Å². The molecule has 7 nitrogen and oxygen atoms in total. The molecular formula is C26H35FN6O. The van der Waals surface area contributed by atoms with E-state index in [4.69, 9.17) is 5.73 Å². The fourth-order valence-corrected chi connectivity index (χ4v) is 2.85. The number of halogens is 1. The second-order valence-corrected chi connectivity index (χ2v) is 7.64. The number of aromatic nitrogens is 4. The molecule has 0 amide bonds. The van der Waals surface area contributed by atoms with Gasteiger partial charge in [0.1, 0.15) is 23.7 Å². The lowest BCUT2D eigenvalue weighted by Gasteiger charge is -2.06. The number of nitrogens with zero attached hydrogens (tertiary/aromatic N) is 4. The molecule has 8 heteroatoms. The number of carbonyl (C=O) groups excluding carboxylic acids is 1. The van der Waals surface area contributed by atoms with Gasteiger partial charge < -0.3 is 11.1 Å². The monoisotopic (exact) mass is 466 g/mol. The molecule has 0 bridgehead atoms. The van der Waals surface area contributed by atoms with Crippen molar-refractivity contribution in [3.63, 3.8) is 0 Å². The van der Waals surface area contributed by atoms with Crippen molar-refractivity contribution < 1.29 is 9.18 Å². The van der Waals surface area contributed by atoms with E-state index in [1.165, 1.54) is 35.4 Å². The van der Waals surface area contributed by atoms with Gasteiger partial charge in [0.2, 0.25) is 0 Å². The Kier molecular flexibility index (Phi) is 11.2. The van der Waals surface area contributed by atoms with Gasteiger partial charge in [0.15, 0.2) is 0 Å². The number of benzene rings is 2. The van der Waals surface area contributed by atoms with Gasteiger partial charge in [0, 0.05) is 38.3 Å². The highest BCUT2D eigenvalue weighted by Crippen LogP contribution is 2.10. The standard InChI is InChI=1S/C13H17N3.C7H5FO.C5H9N3.CH4/c1-10-4-6-12(7-5-10)9-14-13-8-11(2)15-16(13)3;8-7-3-1-6(5-9)2-4-7;1-4-3-5(6)8(2)7-4;/h4-8,14H,9H2,1-3H3;1-5H;3H,6H2,1-2H3;1H4. The van der Waals surface area contributed by atoms with Gasteiger partial charge in [-0.25, -0.2) is 4.39 Å². The Labute approximate surface area is 201 Å². The lowest BCUT2D eigenvalue weighted by atomic mass is 10.1. The molecule has 0 aliphatic heterocycles. The van der Waals surface area contributed by atoms with Crippen molar-refractivity contribution in [1.29, 1.82) is 0 Å². The zero-order valence-electron chi connectivity index (χ0n) is 19.7. The average Bonchev–Trinajstić information content (AvgIpc) is 3.26. The van der Waals surface area contributed by atoms with E-state index in [-0.39, 0.29) is 13.2 Å². The quantitative estimate of drug-likeness (QED) is 0.402. The maximum atomic E-state index is 12.1. The number of nitrogens with one attached hydrogen (secondary N) is 1. The molecule has 4 aromatic rings. The van der Waals surface area contributed by atoms with E-state index in [9.17, 15) is 9.18 Å². The van der Waals surface area contributed by atoms with Crippen LogP contribution in [0.25, 0.3) is 0 Å². The van der Waals surface area contributed by atoms with Crippen molar-refractivity contribution in [1.82, 2.24) is 19.6 Å². The molecule has 4 rings (SSSR count). The van der Waals surface area contributed by atoms with Gasteiger partial charge in [-0.15, -0.1) is 0 Å². The summed E-state index contributed by atoms with van der Waals surface area (Å²) < 4.78 is 15.6. The number of carbonyl (C=O) groups is 1. The summed E-state index contributed by atoms with van der Waals surface area (Å²) in [7, 11) is 3.77. The first-order chi connectivity index (χ1) is 15.7. The molecule has 0 fully saturated rings. The summed E-state index contributed by atoms with van der Waals surface area (Å²) in [5, 5.41) is 11.7. The third kappa shape index (κ3) is 9.28. The van der Waals surface area contributed by atoms with E-state index < -0.39 is 0 Å². The molecule has 3 N–H and O–H groups in total. The molecular weight excluding hydrogens is 431 g/mol. The van der Waals surface area contributed by atoms with Gasteiger partial charge in [0.25, 0.3) is 0 Å². The van der Waals surface area contributed by atoms with Crippen LogP contribution in [-0.2, 0) is 20.6 Å². The van der Waals surface area contributed by atoms with Crippen LogP contribution in [0.4, 0.5) is 16.0 Å². The summed E-state index contributed by atoms with van der Waals surface area (Å²) >= 11 is 0. The van der Waals surface area contributed by atoms with Crippen molar-refractivity contribution in [2.75, 3.05) is 11.1 Å². The van der Waals surface area contributed by atoms with Crippen molar-refractivity contribution >= 4 is 17.9 Å². The summed E-state index contributed by atoms with van der Waals surface area (Å²) in [5.41, 5.74) is 10.5. The van der Waals surface area contributed by atoms with Crippen molar-refractivity contribution in [3.8, 4) is 0 Å². The van der Waals surface area contributed by atoms with Crippen LogP contribution in [0.3, 0.4) is 0 Å². The number of nitrogen functional groups attached to an aromatic ring is 1. The first-order valence-corrected chi connectivity index (χ1v) is 10.4. The molecule has 2 heterocycles. The van der Waals surface area contributed by atoms with Crippen molar-refractivity contribution in [2.24, 2.45) is 14.1 Å². The van der Waals surface area contributed by atoms with Gasteiger partial charge in [-0.3, -0.25) is 14.2 Å². The number of hydrogen-bond donors (Lipinski definition) is 2. The Morgan fingerprint density at radius 2 is 1.47 bits per heavy atom. The largest absolute Gasteiger partial charge is 0.384 e. The van der Waals surface area contributed by atoms with Crippen LogP contribution in [0.15, 0.2) is 60.7 Å². The van der Waals surface area contributed by atoms with E-state index >= 15 is 0 Å². The molecule has 0 aliphatic rings. The minimum absolute atomic E-state index is 0.